The van der Waals surface area contributed by atoms with Crippen molar-refractivity contribution in [2.45, 2.75) is 13.3 Å². The fraction of sp³-hybridized carbons (Fsp3) is 0.200. The Balaban J connectivity index is 2.36. The second-order valence-electron chi connectivity index (χ2n) is 3.23. The van der Waals surface area contributed by atoms with Crippen LogP contribution in [0.4, 0.5) is 8.78 Å². The first kappa shape index (κ1) is 9.76. The zero-order valence-electron chi connectivity index (χ0n) is 8.09. The normalized spacial score (nSPS) is 10.6. The molecule has 78 valence electrons. The van der Waals surface area contributed by atoms with E-state index in [-0.39, 0.29) is 12.0 Å². The van der Waals surface area contributed by atoms with Gasteiger partial charge in [-0.15, -0.1) is 0 Å². The number of hydrogen-bond donors (Lipinski definition) is 1. The summed E-state index contributed by atoms with van der Waals surface area (Å²) in [5.74, 6) is -1.12. The molecule has 0 saturated carbocycles. The first-order valence-electron chi connectivity index (χ1n) is 4.47. The highest BCUT2D eigenvalue weighted by Crippen LogP contribution is 2.16. The molecule has 1 aromatic heterocycles. The molecular weight excluding hydrogens is 200 g/mol. The molecule has 3 nitrogen and oxygen atoms in total. The molecule has 0 aliphatic rings. The topological polar surface area (TPSA) is 41.6 Å². The molecule has 0 amide bonds. The van der Waals surface area contributed by atoms with Crippen LogP contribution in [0.5, 0.6) is 0 Å². The van der Waals surface area contributed by atoms with Gasteiger partial charge in [0.1, 0.15) is 11.6 Å². The summed E-state index contributed by atoms with van der Waals surface area (Å²) in [6.45, 7) is 1.73. The summed E-state index contributed by atoms with van der Waals surface area (Å²) in [7, 11) is 0. The third kappa shape index (κ3) is 1.86. The molecule has 1 heterocycles. The predicted molar refractivity (Wildman–Crippen MR) is 50.3 cm³/mol. The Morgan fingerprint density at radius 2 is 1.87 bits per heavy atom. The first-order valence-corrected chi connectivity index (χ1v) is 4.47. The first-order chi connectivity index (χ1) is 7.18. The van der Waals surface area contributed by atoms with Crippen LogP contribution in [0.25, 0.3) is 0 Å². The molecule has 0 saturated heterocycles. The Hall–Kier alpha value is -1.78. The number of aryl methyl sites for hydroxylation is 1. The maximum Gasteiger partial charge on any atom is 0.129 e. The van der Waals surface area contributed by atoms with Crippen molar-refractivity contribution in [1.29, 1.82) is 0 Å². The zero-order chi connectivity index (χ0) is 10.8. The lowest BCUT2D eigenvalue weighted by molar-refractivity contribution is 0.560. The van der Waals surface area contributed by atoms with Gasteiger partial charge in [-0.1, -0.05) is 6.07 Å². The second kappa shape index (κ2) is 3.76. The van der Waals surface area contributed by atoms with Gasteiger partial charge in [-0.25, -0.2) is 8.78 Å². The summed E-state index contributed by atoms with van der Waals surface area (Å²) >= 11 is 0. The number of nitrogens with one attached hydrogen (secondary N) is 1. The third-order valence-corrected chi connectivity index (χ3v) is 2.23. The van der Waals surface area contributed by atoms with Crippen LogP contribution in [-0.2, 0) is 6.42 Å². The van der Waals surface area contributed by atoms with E-state index in [0.717, 1.165) is 0 Å². The average Bonchev–Trinajstić information content (AvgIpc) is 2.58. The van der Waals surface area contributed by atoms with Gasteiger partial charge in [-0.2, -0.15) is 15.4 Å². The SMILES string of the molecule is Cc1n[nH]nc1Cc1c(F)cccc1F. The Morgan fingerprint density at radius 3 is 2.40 bits per heavy atom. The standard InChI is InChI=1S/C10H9F2N3/c1-6-10(14-15-13-6)5-7-8(11)3-2-4-9(7)12/h2-4H,5H2,1H3,(H,13,14,15). The van der Waals surface area contributed by atoms with Crippen LogP contribution in [0.15, 0.2) is 18.2 Å². The van der Waals surface area contributed by atoms with Gasteiger partial charge in [0.2, 0.25) is 0 Å². The fourth-order valence-corrected chi connectivity index (χ4v) is 1.34. The molecule has 1 aromatic carbocycles. The Bertz CT molecular complexity index is 459. The fourth-order valence-electron chi connectivity index (χ4n) is 1.34. The van der Waals surface area contributed by atoms with E-state index in [4.69, 9.17) is 0 Å². The molecule has 5 heteroatoms. The maximum atomic E-state index is 13.3. The van der Waals surface area contributed by atoms with E-state index in [9.17, 15) is 8.78 Å². The van der Waals surface area contributed by atoms with Crippen molar-refractivity contribution < 1.29 is 8.78 Å². The van der Waals surface area contributed by atoms with Crippen molar-refractivity contribution in [2.24, 2.45) is 0 Å². The van der Waals surface area contributed by atoms with E-state index in [1.807, 2.05) is 0 Å². The number of benzene rings is 1. The van der Waals surface area contributed by atoms with E-state index < -0.39 is 11.6 Å². The molecular formula is C10H9F2N3. The second-order valence-corrected chi connectivity index (χ2v) is 3.23. The van der Waals surface area contributed by atoms with E-state index in [0.29, 0.717) is 11.4 Å². The van der Waals surface area contributed by atoms with Crippen LogP contribution >= 0.6 is 0 Å². The number of halogens is 2. The number of aromatic amines is 1. The Kier molecular flexibility index (Phi) is 2.45. The molecule has 0 unspecified atom stereocenters. The van der Waals surface area contributed by atoms with E-state index in [1.165, 1.54) is 18.2 Å². The molecule has 0 fully saturated rings. The van der Waals surface area contributed by atoms with E-state index in [2.05, 4.69) is 15.4 Å². The molecule has 2 aromatic rings. The highest BCUT2D eigenvalue weighted by atomic mass is 19.1. The van der Waals surface area contributed by atoms with Crippen molar-refractivity contribution in [3.05, 3.63) is 46.8 Å². The van der Waals surface area contributed by atoms with Crippen molar-refractivity contribution in [1.82, 2.24) is 15.4 Å². The minimum Gasteiger partial charge on any atom is -0.207 e. The number of rotatable bonds is 2. The summed E-state index contributed by atoms with van der Waals surface area (Å²) in [6.07, 6.45) is 0.112. The minimum absolute atomic E-state index is 0.0227. The van der Waals surface area contributed by atoms with Crippen molar-refractivity contribution in [3.8, 4) is 0 Å². The van der Waals surface area contributed by atoms with Gasteiger partial charge < -0.3 is 0 Å². The number of nitrogens with zero attached hydrogens (tertiary/aromatic N) is 2. The minimum atomic E-state index is -0.558. The molecule has 0 atom stereocenters. The third-order valence-electron chi connectivity index (χ3n) is 2.23. The van der Waals surface area contributed by atoms with Crippen LogP contribution in [0, 0.1) is 18.6 Å². The quantitative estimate of drug-likeness (QED) is 0.821. The van der Waals surface area contributed by atoms with Crippen LogP contribution < -0.4 is 0 Å². The van der Waals surface area contributed by atoms with E-state index >= 15 is 0 Å². The maximum absolute atomic E-state index is 13.3. The van der Waals surface area contributed by atoms with Gasteiger partial charge in [0, 0.05) is 12.0 Å². The van der Waals surface area contributed by atoms with Crippen molar-refractivity contribution in [2.75, 3.05) is 0 Å². The van der Waals surface area contributed by atoms with E-state index in [1.54, 1.807) is 6.92 Å². The summed E-state index contributed by atoms with van der Waals surface area (Å²) in [4.78, 5) is 0. The number of hydrogen-bond acceptors (Lipinski definition) is 2. The highest BCUT2D eigenvalue weighted by molar-refractivity contribution is 5.25. The highest BCUT2D eigenvalue weighted by Gasteiger charge is 2.12. The summed E-state index contributed by atoms with van der Waals surface area (Å²) in [6, 6.07) is 3.80. The molecule has 0 bridgehead atoms. The molecule has 0 radical (unpaired) electrons. The lowest BCUT2D eigenvalue weighted by Gasteiger charge is -2.02. The smallest absolute Gasteiger partial charge is 0.129 e. The van der Waals surface area contributed by atoms with Crippen LogP contribution in [0.1, 0.15) is 17.0 Å². The van der Waals surface area contributed by atoms with Gasteiger partial charge in [0.15, 0.2) is 0 Å². The van der Waals surface area contributed by atoms with Gasteiger partial charge in [-0.05, 0) is 19.1 Å². The predicted octanol–water partition coefficient (Wildman–Crippen LogP) is 1.98. The Morgan fingerprint density at radius 1 is 1.20 bits per heavy atom. The van der Waals surface area contributed by atoms with Crippen LogP contribution in [-0.4, -0.2) is 15.4 Å². The molecule has 0 aliphatic carbocycles. The lowest BCUT2D eigenvalue weighted by atomic mass is 10.1. The Labute approximate surface area is 85.1 Å². The van der Waals surface area contributed by atoms with Gasteiger partial charge in [0.25, 0.3) is 0 Å². The van der Waals surface area contributed by atoms with Crippen LogP contribution in [0.2, 0.25) is 0 Å². The summed E-state index contributed by atoms with van der Waals surface area (Å²) < 4.78 is 26.6. The molecule has 2 rings (SSSR count). The van der Waals surface area contributed by atoms with Crippen molar-refractivity contribution in [3.63, 3.8) is 0 Å². The molecule has 15 heavy (non-hydrogen) atoms. The van der Waals surface area contributed by atoms with Gasteiger partial charge in [-0.3, -0.25) is 0 Å². The van der Waals surface area contributed by atoms with Gasteiger partial charge >= 0.3 is 0 Å². The summed E-state index contributed by atoms with van der Waals surface area (Å²) in [5.41, 5.74) is 1.23. The van der Waals surface area contributed by atoms with Crippen LogP contribution in [0.3, 0.4) is 0 Å². The zero-order valence-corrected chi connectivity index (χ0v) is 8.09. The molecule has 1 N–H and O–H groups in total. The largest absolute Gasteiger partial charge is 0.207 e. The van der Waals surface area contributed by atoms with Gasteiger partial charge in [0.05, 0.1) is 11.4 Å². The van der Waals surface area contributed by atoms with Crippen molar-refractivity contribution >= 4 is 0 Å². The average molecular weight is 209 g/mol. The molecule has 0 aliphatic heterocycles. The summed E-state index contributed by atoms with van der Waals surface area (Å²) in [5, 5.41) is 10.0. The lowest BCUT2D eigenvalue weighted by Crippen LogP contribution is -1.98. The monoisotopic (exact) mass is 209 g/mol. The molecule has 0 spiro atoms. The number of H-pyrrole nitrogens is 1. The number of aromatic nitrogens is 3.